The molecule has 0 aliphatic heterocycles. The number of benzene rings is 1. The predicted molar refractivity (Wildman–Crippen MR) is 55.4 cm³/mol. The molecule has 1 aliphatic rings. The summed E-state index contributed by atoms with van der Waals surface area (Å²) in [6.45, 7) is 1.55. The van der Waals surface area contributed by atoms with Gasteiger partial charge in [-0.25, -0.2) is 8.78 Å². The van der Waals surface area contributed by atoms with Gasteiger partial charge >= 0.3 is 0 Å². The molecule has 0 aromatic heterocycles. The van der Waals surface area contributed by atoms with Crippen molar-refractivity contribution >= 4 is 0 Å². The minimum Gasteiger partial charge on any atom is -0.324 e. The summed E-state index contributed by atoms with van der Waals surface area (Å²) in [6.07, 6.45) is 3.19. The van der Waals surface area contributed by atoms with E-state index < -0.39 is 0 Å². The minimum absolute atomic E-state index is 0.321. The molecule has 0 heterocycles. The molecule has 0 spiro atoms. The van der Waals surface area contributed by atoms with Crippen LogP contribution >= 0.6 is 0 Å². The molecule has 2 N–H and O–H groups in total. The van der Waals surface area contributed by atoms with Gasteiger partial charge in [-0.15, -0.1) is 0 Å². The van der Waals surface area contributed by atoms with Gasteiger partial charge in [-0.3, -0.25) is 0 Å². The number of nitrogens with two attached hydrogens (primary N) is 1. The molecule has 1 saturated carbocycles. The fraction of sp³-hybridized carbons (Fsp3) is 0.500. The Kier molecular flexibility index (Phi) is 2.74. The van der Waals surface area contributed by atoms with E-state index in [9.17, 15) is 8.78 Å². The summed E-state index contributed by atoms with van der Waals surface area (Å²) in [5.41, 5.74) is 6.57. The van der Waals surface area contributed by atoms with Crippen LogP contribution < -0.4 is 5.73 Å². The minimum atomic E-state index is -0.381. The van der Waals surface area contributed by atoms with E-state index in [4.69, 9.17) is 5.73 Å². The molecule has 1 nitrogen and oxygen atoms in total. The SMILES string of the molecule is Cc1cc(F)c(C(N)C2CCC2)cc1F. The summed E-state index contributed by atoms with van der Waals surface area (Å²) < 4.78 is 26.8. The molecular weight excluding hydrogens is 196 g/mol. The van der Waals surface area contributed by atoms with Gasteiger partial charge in [0.15, 0.2) is 0 Å². The Morgan fingerprint density at radius 3 is 2.47 bits per heavy atom. The molecule has 1 aromatic rings. The number of rotatable bonds is 2. The van der Waals surface area contributed by atoms with Crippen LogP contribution in [0.25, 0.3) is 0 Å². The maximum absolute atomic E-state index is 13.6. The second-order valence-corrected chi connectivity index (χ2v) is 4.34. The highest BCUT2D eigenvalue weighted by Crippen LogP contribution is 2.37. The van der Waals surface area contributed by atoms with E-state index in [1.807, 2.05) is 0 Å². The molecule has 1 unspecified atom stereocenters. The number of aryl methyl sites for hydroxylation is 1. The van der Waals surface area contributed by atoms with E-state index in [1.165, 1.54) is 12.1 Å². The second kappa shape index (κ2) is 3.89. The zero-order valence-corrected chi connectivity index (χ0v) is 8.76. The first-order valence-corrected chi connectivity index (χ1v) is 5.30. The molecule has 0 amide bonds. The molecule has 1 fully saturated rings. The number of hydrogen-bond donors (Lipinski definition) is 1. The predicted octanol–water partition coefficient (Wildman–Crippen LogP) is 3.07. The average Bonchev–Trinajstić information content (AvgIpc) is 2.08. The lowest BCUT2D eigenvalue weighted by Gasteiger charge is -2.31. The first-order valence-electron chi connectivity index (χ1n) is 5.30. The van der Waals surface area contributed by atoms with Gasteiger partial charge in [-0.1, -0.05) is 6.42 Å². The molecule has 1 aromatic carbocycles. The van der Waals surface area contributed by atoms with Crippen LogP contribution in [0.4, 0.5) is 8.78 Å². The summed E-state index contributed by atoms with van der Waals surface area (Å²) in [7, 11) is 0. The fourth-order valence-electron chi connectivity index (χ4n) is 1.97. The Balaban J connectivity index is 2.30. The summed E-state index contributed by atoms with van der Waals surface area (Å²) in [5, 5.41) is 0. The van der Waals surface area contributed by atoms with E-state index in [-0.39, 0.29) is 17.7 Å². The molecular formula is C12H15F2N. The van der Waals surface area contributed by atoms with Crippen molar-refractivity contribution in [1.29, 1.82) is 0 Å². The molecule has 1 atom stereocenters. The monoisotopic (exact) mass is 211 g/mol. The third-order valence-corrected chi connectivity index (χ3v) is 3.29. The Labute approximate surface area is 88.3 Å². The summed E-state index contributed by atoms with van der Waals surface area (Å²) >= 11 is 0. The maximum Gasteiger partial charge on any atom is 0.128 e. The number of hydrogen-bond acceptors (Lipinski definition) is 1. The quantitative estimate of drug-likeness (QED) is 0.799. The normalized spacial score (nSPS) is 18.7. The Morgan fingerprint density at radius 1 is 1.27 bits per heavy atom. The molecule has 0 bridgehead atoms. The van der Waals surface area contributed by atoms with Crippen molar-refractivity contribution in [2.75, 3.05) is 0 Å². The molecule has 1 aliphatic carbocycles. The smallest absolute Gasteiger partial charge is 0.128 e. The van der Waals surface area contributed by atoms with Crippen LogP contribution in [0.3, 0.4) is 0 Å². The summed E-state index contributed by atoms with van der Waals surface area (Å²) in [4.78, 5) is 0. The third-order valence-electron chi connectivity index (χ3n) is 3.29. The molecule has 3 heteroatoms. The Morgan fingerprint density at radius 2 is 1.93 bits per heavy atom. The lowest BCUT2D eigenvalue weighted by molar-refractivity contribution is 0.260. The Hall–Kier alpha value is -0.960. The van der Waals surface area contributed by atoms with Gasteiger partial charge in [0.2, 0.25) is 0 Å². The van der Waals surface area contributed by atoms with Crippen LogP contribution in [0.1, 0.15) is 36.4 Å². The van der Waals surface area contributed by atoms with Crippen molar-refractivity contribution in [2.24, 2.45) is 11.7 Å². The molecule has 0 radical (unpaired) electrons. The fourth-order valence-corrected chi connectivity index (χ4v) is 1.97. The zero-order chi connectivity index (χ0) is 11.0. The third kappa shape index (κ3) is 1.88. The lowest BCUT2D eigenvalue weighted by atomic mass is 9.77. The first kappa shape index (κ1) is 10.6. The van der Waals surface area contributed by atoms with Crippen molar-refractivity contribution in [3.8, 4) is 0 Å². The van der Waals surface area contributed by atoms with E-state index >= 15 is 0 Å². The van der Waals surface area contributed by atoms with E-state index in [0.29, 0.717) is 17.0 Å². The summed E-state index contributed by atoms with van der Waals surface area (Å²) in [5.74, 6) is -0.434. The summed E-state index contributed by atoms with van der Waals surface area (Å²) in [6, 6.07) is 2.12. The molecule has 0 saturated heterocycles. The van der Waals surface area contributed by atoms with Crippen LogP contribution in [0, 0.1) is 24.5 Å². The lowest BCUT2D eigenvalue weighted by Crippen LogP contribution is -2.27. The van der Waals surface area contributed by atoms with Crippen LogP contribution in [0.2, 0.25) is 0 Å². The van der Waals surface area contributed by atoms with Crippen LogP contribution in [-0.2, 0) is 0 Å². The van der Waals surface area contributed by atoms with Crippen molar-refractivity contribution in [3.05, 3.63) is 34.9 Å². The van der Waals surface area contributed by atoms with Crippen molar-refractivity contribution < 1.29 is 8.78 Å². The highest BCUT2D eigenvalue weighted by molar-refractivity contribution is 5.28. The highest BCUT2D eigenvalue weighted by Gasteiger charge is 2.27. The van der Waals surface area contributed by atoms with Gasteiger partial charge in [-0.05, 0) is 43.4 Å². The maximum atomic E-state index is 13.6. The van der Waals surface area contributed by atoms with Crippen molar-refractivity contribution in [2.45, 2.75) is 32.2 Å². The molecule has 2 rings (SSSR count). The van der Waals surface area contributed by atoms with E-state index in [1.54, 1.807) is 6.92 Å². The van der Waals surface area contributed by atoms with Gasteiger partial charge in [0.05, 0.1) is 0 Å². The largest absolute Gasteiger partial charge is 0.324 e. The number of halogens is 2. The first-order chi connectivity index (χ1) is 7.09. The molecule has 15 heavy (non-hydrogen) atoms. The van der Waals surface area contributed by atoms with Gasteiger partial charge in [0.25, 0.3) is 0 Å². The van der Waals surface area contributed by atoms with Gasteiger partial charge in [0, 0.05) is 11.6 Å². The van der Waals surface area contributed by atoms with Crippen molar-refractivity contribution in [3.63, 3.8) is 0 Å². The second-order valence-electron chi connectivity index (χ2n) is 4.34. The molecule has 82 valence electrons. The van der Waals surface area contributed by atoms with Crippen LogP contribution in [0.15, 0.2) is 12.1 Å². The average molecular weight is 211 g/mol. The highest BCUT2D eigenvalue weighted by atomic mass is 19.1. The standard InChI is InChI=1S/C12H15F2N/c1-7-5-11(14)9(6-10(7)13)12(15)8-3-2-4-8/h5-6,8,12H,2-4,15H2,1H3. The van der Waals surface area contributed by atoms with Gasteiger partial charge < -0.3 is 5.73 Å². The van der Waals surface area contributed by atoms with Crippen LogP contribution in [0.5, 0.6) is 0 Å². The van der Waals surface area contributed by atoms with Gasteiger partial charge in [0.1, 0.15) is 11.6 Å². The van der Waals surface area contributed by atoms with Crippen LogP contribution in [-0.4, -0.2) is 0 Å². The van der Waals surface area contributed by atoms with Crippen molar-refractivity contribution in [1.82, 2.24) is 0 Å². The van der Waals surface area contributed by atoms with E-state index in [2.05, 4.69) is 0 Å². The van der Waals surface area contributed by atoms with E-state index in [0.717, 1.165) is 19.3 Å². The van der Waals surface area contributed by atoms with Gasteiger partial charge in [-0.2, -0.15) is 0 Å². The topological polar surface area (TPSA) is 26.0 Å². The zero-order valence-electron chi connectivity index (χ0n) is 8.76. The Bertz CT molecular complexity index is 372.